The summed E-state index contributed by atoms with van der Waals surface area (Å²) < 4.78 is 14.6. The summed E-state index contributed by atoms with van der Waals surface area (Å²) in [4.78, 5) is 12.6. The number of amides is 1. The highest BCUT2D eigenvalue weighted by atomic mass is 79.9. The summed E-state index contributed by atoms with van der Waals surface area (Å²) in [7, 11) is 0. The first kappa shape index (κ1) is 29.8. The molecule has 0 bridgehead atoms. The van der Waals surface area contributed by atoms with Crippen molar-refractivity contribution in [1.82, 2.24) is 15.2 Å². The molecule has 0 unspecified atom stereocenters. The van der Waals surface area contributed by atoms with Crippen LogP contribution in [0, 0.1) is 6.92 Å². The largest absolute Gasteiger partial charge is 0.489 e. The number of para-hydroxylation sites is 1. The van der Waals surface area contributed by atoms with E-state index in [1.54, 1.807) is 10.9 Å². The van der Waals surface area contributed by atoms with Gasteiger partial charge in [-0.15, -0.1) is 0 Å². The second kappa shape index (κ2) is 14.0. The number of hydrazone groups is 1. The molecule has 0 aliphatic carbocycles. The van der Waals surface area contributed by atoms with E-state index in [4.69, 9.17) is 14.6 Å². The number of aromatic nitrogens is 2. The van der Waals surface area contributed by atoms with Crippen molar-refractivity contribution in [2.75, 3.05) is 6.61 Å². The molecule has 5 rings (SSSR count). The van der Waals surface area contributed by atoms with Crippen LogP contribution in [-0.4, -0.2) is 28.5 Å². The van der Waals surface area contributed by atoms with E-state index in [1.807, 2.05) is 110 Å². The van der Waals surface area contributed by atoms with Gasteiger partial charge in [0.15, 0.2) is 6.61 Å². The van der Waals surface area contributed by atoms with Crippen LogP contribution in [0.5, 0.6) is 11.5 Å². The van der Waals surface area contributed by atoms with E-state index < -0.39 is 0 Å². The minimum atomic E-state index is -0.358. The maximum Gasteiger partial charge on any atom is 0.277 e. The van der Waals surface area contributed by atoms with Crippen LogP contribution in [0.15, 0.2) is 113 Å². The van der Waals surface area contributed by atoms with Gasteiger partial charge in [0, 0.05) is 21.8 Å². The summed E-state index contributed by atoms with van der Waals surface area (Å²) in [5, 5.41) is 9.06. The first-order valence-electron chi connectivity index (χ1n) is 14.0. The number of benzene rings is 4. The molecule has 0 aliphatic rings. The summed E-state index contributed by atoms with van der Waals surface area (Å²) in [6.45, 7) is 6.51. The van der Waals surface area contributed by atoms with Crippen LogP contribution in [0.1, 0.15) is 42.0 Å². The second-order valence-electron chi connectivity index (χ2n) is 10.4. The van der Waals surface area contributed by atoms with Crippen LogP contribution in [-0.2, 0) is 11.4 Å². The fourth-order valence-corrected chi connectivity index (χ4v) is 4.83. The van der Waals surface area contributed by atoms with Gasteiger partial charge in [-0.2, -0.15) is 10.2 Å². The van der Waals surface area contributed by atoms with Gasteiger partial charge in [0.2, 0.25) is 0 Å². The van der Waals surface area contributed by atoms with Gasteiger partial charge < -0.3 is 9.47 Å². The van der Waals surface area contributed by atoms with Crippen LogP contribution in [0.3, 0.4) is 0 Å². The highest BCUT2D eigenvalue weighted by Gasteiger charge is 2.14. The standard InChI is InChI=1S/C35H33BrN4O3/c1-24(2)31-19-32(36)25(3)18-33(31)43-23-34(41)38-37-20-28-21-40(29-12-8-5-9-13-29)39-35(28)27-14-16-30(17-15-27)42-22-26-10-6-4-7-11-26/h4-21,24H,22-23H2,1-3H3,(H,38,41)/b37-20-. The van der Waals surface area contributed by atoms with Crippen molar-refractivity contribution < 1.29 is 14.3 Å². The minimum absolute atomic E-state index is 0.154. The molecule has 4 aromatic carbocycles. The maximum absolute atomic E-state index is 12.6. The quantitative estimate of drug-likeness (QED) is 0.118. The Balaban J connectivity index is 1.29. The molecule has 8 heteroatoms. The Hall–Kier alpha value is -4.69. The van der Waals surface area contributed by atoms with Gasteiger partial charge in [0.25, 0.3) is 5.91 Å². The van der Waals surface area contributed by atoms with Crippen LogP contribution < -0.4 is 14.9 Å². The van der Waals surface area contributed by atoms with E-state index in [0.29, 0.717) is 12.4 Å². The normalized spacial score (nSPS) is 11.2. The third-order valence-corrected chi connectivity index (χ3v) is 7.66. The van der Waals surface area contributed by atoms with Gasteiger partial charge >= 0.3 is 0 Å². The SMILES string of the molecule is Cc1cc(OCC(=O)N/N=C\c2cn(-c3ccccc3)nc2-c2ccc(OCc3ccccc3)cc2)c(C(C)C)cc1Br. The van der Waals surface area contributed by atoms with E-state index in [0.717, 1.165) is 49.4 Å². The summed E-state index contributed by atoms with van der Waals surface area (Å²) in [6.07, 6.45) is 3.49. The molecule has 1 heterocycles. The Kier molecular flexibility index (Phi) is 9.69. The smallest absolute Gasteiger partial charge is 0.277 e. The third-order valence-electron chi connectivity index (χ3n) is 6.80. The molecule has 5 aromatic rings. The number of aryl methyl sites for hydroxylation is 1. The van der Waals surface area contributed by atoms with Crippen molar-refractivity contribution in [3.63, 3.8) is 0 Å². The average molecular weight is 638 g/mol. The number of carbonyl (C=O) groups excluding carboxylic acids is 1. The van der Waals surface area contributed by atoms with Gasteiger partial charge in [0.1, 0.15) is 23.8 Å². The first-order valence-corrected chi connectivity index (χ1v) is 14.8. The number of ether oxygens (including phenoxy) is 2. The summed E-state index contributed by atoms with van der Waals surface area (Å²) in [5.41, 5.74) is 9.03. The fraction of sp³-hybridized carbons (Fsp3) is 0.171. The van der Waals surface area contributed by atoms with Crippen molar-refractivity contribution >= 4 is 28.1 Å². The lowest BCUT2D eigenvalue weighted by atomic mass is 10.0. The first-order chi connectivity index (χ1) is 20.9. The zero-order valence-electron chi connectivity index (χ0n) is 24.3. The molecule has 0 atom stereocenters. The van der Waals surface area contributed by atoms with Crippen LogP contribution in [0.25, 0.3) is 16.9 Å². The van der Waals surface area contributed by atoms with Gasteiger partial charge in [-0.3, -0.25) is 4.79 Å². The number of rotatable bonds is 11. The molecule has 0 radical (unpaired) electrons. The predicted molar refractivity (Wildman–Crippen MR) is 174 cm³/mol. The Morgan fingerprint density at radius 3 is 2.37 bits per heavy atom. The molecule has 0 fully saturated rings. The molecule has 0 saturated heterocycles. The summed E-state index contributed by atoms with van der Waals surface area (Å²) >= 11 is 3.58. The Morgan fingerprint density at radius 2 is 1.67 bits per heavy atom. The van der Waals surface area contributed by atoms with E-state index in [9.17, 15) is 4.79 Å². The van der Waals surface area contributed by atoms with Gasteiger partial charge in [-0.1, -0.05) is 78.3 Å². The molecule has 7 nitrogen and oxygen atoms in total. The molecule has 1 N–H and O–H groups in total. The molecule has 1 aromatic heterocycles. The molecular formula is C35H33BrN4O3. The van der Waals surface area contributed by atoms with Crippen molar-refractivity contribution in [3.05, 3.63) is 130 Å². The van der Waals surface area contributed by atoms with Gasteiger partial charge in [-0.05, 0) is 78.1 Å². The van der Waals surface area contributed by atoms with Gasteiger partial charge in [0.05, 0.1) is 11.9 Å². The lowest BCUT2D eigenvalue weighted by Crippen LogP contribution is -2.25. The van der Waals surface area contributed by atoms with E-state index in [1.165, 1.54) is 0 Å². The second-order valence-corrected chi connectivity index (χ2v) is 11.2. The monoisotopic (exact) mass is 636 g/mol. The zero-order valence-corrected chi connectivity index (χ0v) is 25.9. The molecule has 218 valence electrons. The minimum Gasteiger partial charge on any atom is -0.489 e. The van der Waals surface area contributed by atoms with Crippen molar-refractivity contribution in [1.29, 1.82) is 0 Å². The fourth-order valence-electron chi connectivity index (χ4n) is 4.47. The predicted octanol–water partition coefficient (Wildman–Crippen LogP) is 7.84. The number of nitrogens with one attached hydrogen (secondary N) is 1. The summed E-state index contributed by atoms with van der Waals surface area (Å²) in [6, 6.07) is 31.6. The average Bonchev–Trinajstić information content (AvgIpc) is 3.45. The molecule has 0 saturated carbocycles. The van der Waals surface area contributed by atoms with Gasteiger partial charge in [-0.25, -0.2) is 10.1 Å². The van der Waals surface area contributed by atoms with Crippen LogP contribution >= 0.6 is 15.9 Å². The molecule has 0 spiro atoms. The van der Waals surface area contributed by atoms with E-state index >= 15 is 0 Å². The topological polar surface area (TPSA) is 77.7 Å². The van der Waals surface area contributed by atoms with Crippen LogP contribution in [0.4, 0.5) is 0 Å². The third kappa shape index (κ3) is 7.78. The molecule has 1 amide bonds. The lowest BCUT2D eigenvalue weighted by Gasteiger charge is -2.15. The molecule has 43 heavy (non-hydrogen) atoms. The molecular weight excluding hydrogens is 604 g/mol. The summed E-state index contributed by atoms with van der Waals surface area (Å²) in [5.74, 6) is 1.34. The number of hydrogen-bond acceptors (Lipinski definition) is 5. The number of hydrogen-bond donors (Lipinski definition) is 1. The van der Waals surface area contributed by atoms with Crippen molar-refractivity contribution in [2.45, 2.75) is 33.3 Å². The highest BCUT2D eigenvalue weighted by molar-refractivity contribution is 9.10. The number of nitrogens with zero attached hydrogens (tertiary/aromatic N) is 3. The Labute approximate surface area is 260 Å². The van der Waals surface area contributed by atoms with Crippen molar-refractivity contribution in [2.24, 2.45) is 5.10 Å². The number of halogens is 1. The maximum atomic E-state index is 12.6. The highest BCUT2D eigenvalue weighted by Crippen LogP contribution is 2.32. The van der Waals surface area contributed by atoms with Crippen LogP contribution in [0.2, 0.25) is 0 Å². The number of carbonyl (C=O) groups is 1. The lowest BCUT2D eigenvalue weighted by molar-refractivity contribution is -0.123. The Morgan fingerprint density at radius 1 is 0.977 bits per heavy atom. The van der Waals surface area contributed by atoms with E-state index in [2.05, 4.69) is 40.3 Å². The van der Waals surface area contributed by atoms with E-state index in [-0.39, 0.29) is 18.4 Å². The zero-order chi connectivity index (χ0) is 30.2. The van der Waals surface area contributed by atoms with Crippen molar-refractivity contribution in [3.8, 4) is 28.4 Å². The molecule has 0 aliphatic heterocycles. The Bertz CT molecular complexity index is 1700.